The Morgan fingerprint density at radius 2 is 1.76 bits per heavy atom. The minimum Gasteiger partial charge on any atom is -0.481 e. The van der Waals surface area contributed by atoms with Crippen LogP contribution in [-0.2, 0) is 9.59 Å². The number of carboxylic acid groups (broad SMARTS) is 1. The van der Waals surface area contributed by atoms with Crippen LogP contribution in [0.25, 0.3) is 0 Å². The van der Waals surface area contributed by atoms with Crippen molar-refractivity contribution in [2.24, 2.45) is 0 Å². The van der Waals surface area contributed by atoms with E-state index in [9.17, 15) is 9.59 Å². The van der Waals surface area contributed by atoms with E-state index in [-0.39, 0.29) is 18.9 Å². The molecule has 21 heavy (non-hydrogen) atoms. The fourth-order valence-corrected chi connectivity index (χ4v) is 2.61. The van der Waals surface area contributed by atoms with Crippen molar-refractivity contribution in [2.45, 2.75) is 25.7 Å². The van der Waals surface area contributed by atoms with Crippen LogP contribution in [0.5, 0.6) is 0 Å². The maximum absolute atomic E-state index is 12.4. The van der Waals surface area contributed by atoms with E-state index in [1.165, 1.54) is 12.8 Å². The second kappa shape index (κ2) is 7.78. The molecule has 1 aliphatic rings. The first-order chi connectivity index (χ1) is 10.2. The zero-order chi connectivity index (χ0) is 15.1. The average molecular weight is 290 g/mol. The Morgan fingerprint density at radius 1 is 1.10 bits per heavy atom. The van der Waals surface area contributed by atoms with Crippen LogP contribution in [-0.4, -0.2) is 48.1 Å². The molecule has 0 saturated carbocycles. The van der Waals surface area contributed by atoms with E-state index in [1.54, 1.807) is 4.90 Å². The summed E-state index contributed by atoms with van der Waals surface area (Å²) in [5, 5.41) is 8.85. The Bertz CT molecular complexity index is 470. The molecule has 1 aliphatic heterocycles. The van der Waals surface area contributed by atoms with Gasteiger partial charge < -0.3 is 14.9 Å². The molecule has 1 aromatic carbocycles. The molecular formula is C16H22N2O3. The van der Waals surface area contributed by atoms with Crippen molar-refractivity contribution in [2.75, 3.05) is 31.1 Å². The molecule has 0 aliphatic carbocycles. The zero-order valence-corrected chi connectivity index (χ0v) is 12.2. The van der Waals surface area contributed by atoms with Gasteiger partial charge in [0.15, 0.2) is 0 Å². The van der Waals surface area contributed by atoms with Crippen molar-refractivity contribution in [3.63, 3.8) is 0 Å². The molecule has 0 spiro atoms. The number of nitrogens with zero attached hydrogens (tertiary/aromatic N) is 2. The molecule has 0 unspecified atom stereocenters. The maximum Gasteiger partial charge on any atom is 0.305 e. The third-order valence-corrected chi connectivity index (χ3v) is 3.76. The summed E-state index contributed by atoms with van der Waals surface area (Å²) in [4.78, 5) is 27.1. The van der Waals surface area contributed by atoms with Gasteiger partial charge in [-0.15, -0.1) is 0 Å². The molecule has 0 bridgehead atoms. The van der Waals surface area contributed by atoms with Gasteiger partial charge in [0.1, 0.15) is 0 Å². The third-order valence-electron chi connectivity index (χ3n) is 3.76. The van der Waals surface area contributed by atoms with E-state index in [0.29, 0.717) is 6.42 Å². The highest BCUT2D eigenvalue weighted by Crippen LogP contribution is 2.16. The van der Waals surface area contributed by atoms with E-state index in [2.05, 4.69) is 4.90 Å². The monoisotopic (exact) mass is 290 g/mol. The Balaban J connectivity index is 1.96. The fourth-order valence-electron chi connectivity index (χ4n) is 2.61. The number of anilines is 1. The number of hydrogen-bond acceptors (Lipinski definition) is 3. The first-order valence-electron chi connectivity index (χ1n) is 7.46. The summed E-state index contributed by atoms with van der Waals surface area (Å²) in [6, 6.07) is 9.28. The number of likely N-dealkylation sites (tertiary alicyclic amines) is 1. The highest BCUT2D eigenvalue weighted by Gasteiger charge is 2.19. The lowest BCUT2D eigenvalue weighted by Crippen LogP contribution is -2.35. The highest BCUT2D eigenvalue weighted by molar-refractivity contribution is 5.93. The van der Waals surface area contributed by atoms with Gasteiger partial charge in [-0.25, -0.2) is 0 Å². The lowest BCUT2D eigenvalue weighted by molar-refractivity contribution is -0.136. The van der Waals surface area contributed by atoms with Gasteiger partial charge in [0.2, 0.25) is 5.91 Å². The van der Waals surface area contributed by atoms with Crippen LogP contribution < -0.4 is 4.90 Å². The second-order valence-electron chi connectivity index (χ2n) is 5.32. The molecule has 1 amide bonds. The zero-order valence-electron chi connectivity index (χ0n) is 12.2. The summed E-state index contributed by atoms with van der Waals surface area (Å²) in [7, 11) is 0. The number of para-hydroxylation sites is 1. The second-order valence-corrected chi connectivity index (χ2v) is 5.32. The number of benzene rings is 1. The Morgan fingerprint density at radius 3 is 2.38 bits per heavy atom. The number of hydrogen-bond donors (Lipinski definition) is 1. The Kier molecular flexibility index (Phi) is 5.75. The van der Waals surface area contributed by atoms with Gasteiger partial charge in [-0.2, -0.15) is 0 Å². The van der Waals surface area contributed by atoms with Crippen LogP contribution in [0, 0.1) is 0 Å². The number of carbonyl (C=O) groups excluding carboxylic acids is 1. The first kappa shape index (κ1) is 15.5. The van der Waals surface area contributed by atoms with Crippen molar-refractivity contribution < 1.29 is 14.7 Å². The molecule has 1 saturated heterocycles. The van der Waals surface area contributed by atoms with E-state index in [4.69, 9.17) is 5.11 Å². The van der Waals surface area contributed by atoms with Crippen molar-refractivity contribution in [1.82, 2.24) is 4.90 Å². The molecule has 5 nitrogen and oxygen atoms in total. The molecule has 114 valence electrons. The fraction of sp³-hybridized carbons (Fsp3) is 0.500. The molecule has 1 fully saturated rings. The smallest absolute Gasteiger partial charge is 0.305 e. The summed E-state index contributed by atoms with van der Waals surface area (Å²) in [5.74, 6) is -0.891. The quantitative estimate of drug-likeness (QED) is 0.834. The highest BCUT2D eigenvalue weighted by atomic mass is 16.4. The van der Waals surface area contributed by atoms with Crippen LogP contribution in [0.4, 0.5) is 5.69 Å². The summed E-state index contributed by atoms with van der Waals surface area (Å²) < 4.78 is 0. The number of aliphatic carboxylic acids is 1. The molecule has 0 aromatic heterocycles. The van der Waals surface area contributed by atoms with E-state index in [0.717, 1.165) is 25.3 Å². The minimum atomic E-state index is -0.886. The van der Waals surface area contributed by atoms with Gasteiger partial charge in [0.25, 0.3) is 0 Å². The number of amides is 1. The maximum atomic E-state index is 12.4. The SMILES string of the molecule is O=C(O)CCN(C(=O)CCN1CCCC1)c1ccccc1. The van der Waals surface area contributed by atoms with E-state index in [1.807, 2.05) is 30.3 Å². The third kappa shape index (κ3) is 4.86. The van der Waals surface area contributed by atoms with Crippen LogP contribution in [0.2, 0.25) is 0 Å². The van der Waals surface area contributed by atoms with Crippen molar-refractivity contribution in [3.8, 4) is 0 Å². The number of carboxylic acids is 1. The lowest BCUT2D eigenvalue weighted by atomic mass is 10.2. The molecule has 1 heterocycles. The van der Waals surface area contributed by atoms with E-state index >= 15 is 0 Å². The lowest BCUT2D eigenvalue weighted by Gasteiger charge is -2.23. The van der Waals surface area contributed by atoms with Crippen molar-refractivity contribution >= 4 is 17.6 Å². The molecule has 1 aromatic rings. The Hall–Kier alpha value is -1.88. The van der Waals surface area contributed by atoms with Crippen molar-refractivity contribution in [1.29, 1.82) is 0 Å². The number of rotatable bonds is 7. The van der Waals surface area contributed by atoms with Gasteiger partial charge in [-0.3, -0.25) is 9.59 Å². The molecule has 0 atom stereocenters. The van der Waals surface area contributed by atoms with Gasteiger partial charge >= 0.3 is 5.97 Å². The standard InChI is InChI=1S/C16H22N2O3/c19-15(8-12-17-10-4-5-11-17)18(13-9-16(20)21)14-6-2-1-3-7-14/h1-3,6-7H,4-5,8-13H2,(H,20,21). The summed E-state index contributed by atoms with van der Waals surface area (Å²) in [5.41, 5.74) is 0.769. The molecule has 1 N–H and O–H groups in total. The summed E-state index contributed by atoms with van der Waals surface area (Å²) >= 11 is 0. The average Bonchev–Trinajstić information content (AvgIpc) is 2.99. The van der Waals surface area contributed by atoms with Gasteiger partial charge in [-0.1, -0.05) is 18.2 Å². The van der Waals surface area contributed by atoms with Crippen LogP contribution in [0.3, 0.4) is 0 Å². The largest absolute Gasteiger partial charge is 0.481 e. The van der Waals surface area contributed by atoms with Gasteiger partial charge in [0.05, 0.1) is 6.42 Å². The van der Waals surface area contributed by atoms with Crippen LogP contribution in [0.1, 0.15) is 25.7 Å². The number of carbonyl (C=O) groups is 2. The molecular weight excluding hydrogens is 268 g/mol. The molecule has 0 radical (unpaired) electrons. The predicted octanol–water partition coefficient (Wildman–Crippen LogP) is 1.98. The predicted molar refractivity (Wildman–Crippen MR) is 81.3 cm³/mol. The Labute approximate surface area is 125 Å². The van der Waals surface area contributed by atoms with E-state index < -0.39 is 5.97 Å². The first-order valence-corrected chi connectivity index (χ1v) is 7.46. The van der Waals surface area contributed by atoms with Crippen LogP contribution >= 0.6 is 0 Å². The summed E-state index contributed by atoms with van der Waals surface area (Å²) in [6.07, 6.45) is 2.81. The molecule has 5 heteroatoms. The van der Waals surface area contributed by atoms with Crippen molar-refractivity contribution in [3.05, 3.63) is 30.3 Å². The summed E-state index contributed by atoms with van der Waals surface area (Å²) in [6.45, 7) is 3.11. The minimum absolute atomic E-state index is 0.00523. The van der Waals surface area contributed by atoms with Crippen LogP contribution in [0.15, 0.2) is 30.3 Å². The van der Waals surface area contributed by atoms with Gasteiger partial charge in [0, 0.05) is 25.2 Å². The van der Waals surface area contributed by atoms with Gasteiger partial charge in [-0.05, 0) is 38.1 Å². The molecule has 2 rings (SSSR count). The topological polar surface area (TPSA) is 60.9 Å². The normalized spacial score (nSPS) is 15.0.